The van der Waals surface area contributed by atoms with Crippen LogP contribution >= 0.6 is 0 Å². The van der Waals surface area contributed by atoms with Gasteiger partial charge in [-0.2, -0.15) is 0 Å². The van der Waals surface area contributed by atoms with Gasteiger partial charge in [0.15, 0.2) is 12.6 Å². The number of rotatable bonds is 11. The predicted molar refractivity (Wildman–Crippen MR) is 136 cm³/mol. The Morgan fingerprint density at radius 1 is 0.829 bits per heavy atom. The molecule has 1 aromatic rings. The number of methoxy groups -OCH3 is 1. The van der Waals surface area contributed by atoms with Crippen molar-refractivity contribution in [2.45, 2.75) is 94.0 Å². The average Bonchev–Trinajstić information content (AvgIpc) is 3.22. The molecule has 1 aromatic carbocycles. The van der Waals surface area contributed by atoms with Crippen LogP contribution in [0, 0.1) is 0 Å². The molecule has 0 aromatic heterocycles. The molecule has 3 heterocycles. The lowest BCUT2D eigenvalue weighted by Gasteiger charge is -2.45. The number of carbonyl (C=O) groups excluding carboxylic acids is 3. The standard InChI is InChI=1S/C27H37NO13/c1-13-19(30)22(33)23(34)27(40-13)39-12-16-20(31)21(32)18(26(41-16)38-11-7-3-4-10-17(29)37-2)28-24(35)14-8-5-6-9-15(14)25(28)36/h5-6,8-9,13,16,18-23,26-27,30-34H,3-4,7,10-12H2,1-2H3/t13-,16+,18+,19+,20+,21+,22+,23-,26+,27+/m0/s1. The lowest BCUT2D eigenvalue weighted by molar-refractivity contribution is -0.319. The van der Waals surface area contributed by atoms with Crippen LogP contribution in [0.5, 0.6) is 0 Å². The molecule has 2 saturated heterocycles. The number of hydrogen-bond donors (Lipinski definition) is 5. The summed E-state index contributed by atoms with van der Waals surface area (Å²) in [5, 5.41) is 52.3. The minimum atomic E-state index is -1.70. The monoisotopic (exact) mass is 583 g/mol. The highest BCUT2D eigenvalue weighted by molar-refractivity contribution is 6.21. The SMILES string of the molecule is COC(=O)CCCCCO[C@@H]1O[C@H](CO[C@@H]2O[C@@H](C)[C@@H](O)[C@@H](O)[C@@H]2O)[C@@H](O)[C@H](O)[C@H]1N1C(=O)c2ccccc2C1=O. The van der Waals surface area contributed by atoms with E-state index in [0.29, 0.717) is 19.3 Å². The van der Waals surface area contributed by atoms with Crippen LogP contribution in [0.15, 0.2) is 24.3 Å². The van der Waals surface area contributed by atoms with Crippen LogP contribution in [0.4, 0.5) is 0 Å². The van der Waals surface area contributed by atoms with E-state index in [0.717, 1.165) is 4.90 Å². The van der Waals surface area contributed by atoms with Crippen LogP contribution in [0.3, 0.4) is 0 Å². The quantitative estimate of drug-likeness (QED) is 0.117. The summed E-state index contributed by atoms with van der Waals surface area (Å²) in [6.07, 6.45) is -10.8. The molecule has 0 saturated carbocycles. The van der Waals surface area contributed by atoms with E-state index in [4.69, 9.17) is 18.9 Å². The third kappa shape index (κ3) is 6.61. The number of aliphatic hydroxyl groups excluding tert-OH is 5. The lowest BCUT2D eigenvalue weighted by atomic mass is 9.95. The van der Waals surface area contributed by atoms with Crippen molar-refractivity contribution in [3.8, 4) is 0 Å². The van der Waals surface area contributed by atoms with Crippen molar-refractivity contribution in [3.63, 3.8) is 0 Å². The molecule has 5 N–H and O–H groups in total. The van der Waals surface area contributed by atoms with Crippen molar-refractivity contribution >= 4 is 17.8 Å². The first-order valence-corrected chi connectivity index (χ1v) is 13.5. The first-order valence-electron chi connectivity index (χ1n) is 13.5. The molecule has 41 heavy (non-hydrogen) atoms. The molecule has 4 rings (SSSR count). The number of amides is 2. The Hall–Kier alpha value is -2.53. The maximum absolute atomic E-state index is 13.2. The fourth-order valence-corrected chi connectivity index (χ4v) is 5.14. The van der Waals surface area contributed by atoms with E-state index in [9.17, 15) is 39.9 Å². The Labute approximate surface area is 236 Å². The van der Waals surface area contributed by atoms with Crippen molar-refractivity contribution in [1.29, 1.82) is 0 Å². The van der Waals surface area contributed by atoms with Crippen LogP contribution in [0.1, 0.15) is 53.3 Å². The van der Waals surface area contributed by atoms with E-state index in [1.54, 1.807) is 12.1 Å². The molecular weight excluding hydrogens is 546 g/mol. The van der Waals surface area contributed by atoms with Crippen molar-refractivity contribution in [3.05, 3.63) is 35.4 Å². The number of benzene rings is 1. The Balaban J connectivity index is 1.46. The second-order valence-electron chi connectivity index (χ2n) is 10.3. The third-order valence-corrected chi connectivity index (χ3v) is 7.56. The van der Waals surface area contributed by atoms with Gasteiger partial charge < -0.3 is 49.2 Å². The summed E-state index contributed by atoms with van der Waals surface area (Å²) >= 11 is 0. The second kappa shape index (κ2) is 13.6. The molecule has 3 aliphatic rings. The van der Waals surface area contributed by atoms with Gasteiger partial charge in [-0.25, -0.2) is 0 Å². The van der Waals surface area contributed by atoms with Gasteiger partial charge in [0, 0.05) is 13.0 Å². The second-order valence-corrected chi connectivity index (χ2v) is 10.3. The molecule has 228 valence electrons. The van der Waals surface area contributed by atoms with Gasteiger partial charge in [-0.05, 0) is 31.9 Å². The highest BCUT2D eigenvalue weighted by Crippen LogP contribution is 2.33. The van der Waals surface area contributed by atoms with Gasteiger partial charge in [-0.1, -0.05) is 18.6 Å². The number of fused-ring (bicyclic) bond motifs is 1. The molecular formula is C27H37NO13. The largest absolute Gasteiger partial charge is 0.469 e. The van der Waals surface area contributed by atoms with Crippen LogP contribution in [-0.4, -0.2) is 130 Å². The van der Waals surface area contributed by atoms with E-state index in [1.807, 2.05) is 0 Å². The minimum absolute atomic E-state index is 0.0773. The Morgan fingerprint density at radius 3 is 2.12 bits per heavy atom. The molecule has 0 unspecified atom stereocenters. The van der Waals surface area contributed by atoms with E-state index < -0.39 is 79.8 Å². The highest BCUT2D eigenvalue weighted by Gasteiger charge is 2.54. The smallest absolute Gasteiger partial charge is 0.305 e. The number of hydrogen-bond acceptors (Lipinski definition) is 13. The zero-order valence-electron chi connectivity index (χ0n) is 22.8. The van der Waals surface area contributed by atoms with Gasteiger partial charge in [0.1, 0.15) is 42.7 Å². The van der Waals surface area contributed by atoms with Crippen molar-refractivity contribution in [1.82, 2.24) is 4.90 Å². The number of nitrogens with zero attached hydrogens (tertiary/aromatic N) is 1. The number of carbonyl (C=O) groups is 3. The highest BCUT2D eigenvalue weighted by atomic mass is 16.7. The molecule has 0 aliphatic carbocycles. The first kappa shape index (κ1) is 31.4. The Morgan fingerprint density at radius 2 is 1.49 bits per heavy atom. The maximum Gasteiger partial charge on any atom is 0.305 e. The molecule has 0 bridgehead atoms. The van der Waals surface area contributed by atoms with E-state index in [2.05, 4.69) is 4.74 Å². The maximum atomic E-state index is 13.2. The molecule has 14 nitrogen and oxygen atoms in total. The van der Waals surface area contributed by atoms with Gasteiger partial charge in [-0.3, -0.25) is 19.3 Å². The molecule has 2 fully saturated rings. The number of imide groups is 1. The summed E-state index contributed by atoms with van der Waals surface area (Å²) in [7, 11) is 1.30. The molecule has 0 radical (unpaired) electrons. The molecule has 3 aliphatic heterocycles. The normalized spacial score (nSPS) is 35.4. The Bertz CT molecular complexity index is 1050. The molecule has 14 heteroatoms. The van der Waals surface area contributed by atoms with E-state index in [-0.39, 0.29) is 30.1 Å². The number of esters is 1. The topological polar surface area (TPSA) is 202 Å². The summed E-state index contributed by atoms with van der Waals surface area (Å²) in [4.78, 5) is 38.5. The zero-order valence-corrected chi connectivity index (χ0v) is 22.8. The van der Waals surface area contributed by atoms with Crippen LogP contribution in [0.2, 0.25) is 0 Å². The summed E-state index contributed by atoms with van der Waals surface area (Å²) in [6.45, 7) is 1.12. The zero-order chi connectivity index (χ0) is 29.8. The van der Waals surface area contributed by atoms with Gasteiger partial charge >= 0.3 is 5.97 Å². The summed E-state index contributed by atoms with van der Waals surface area (Å²) < 4.78 is 27.4. The Kier molecular flexibility index (Phi) is 10.4. The van der Waals surface area contributed by atoms with E-state index >= 15 is 0 Å². The summed E-state index contributed by atoms with van der Waals surface area (Å²) in [6, 6.07) is 4.77. The van der Waals surface area contributed by atoms with Crippen molar-refractivity contribution in [2.24, 2.45) is 0 Å². The van der Waals surface area contributed by atoms with Crippen LogP contribution in [0.25, 0.3) is 0 Å². The molecule has 10 atom stereocenters. The van der Waals surface area contributed by atoms with Crippen molar-refractivity contribution in [2.75, 3.05) is 20.3 Å². The number of ether oxygens (including phenoxy) is 5. The average molecular weight is 584 g/mol. The fraction of sp³-hybridized carbons (Fsp3) is 0.667. The summed E-state index contributed by atoms with van der Waals surface area (Å²) in [5.41, 5.74) is 0.286. The van der Waals surface area contributed by atoms with Gasteiger partial charge in [0.2, 0.25) is 0 Å². The van der Waals surface area contributed by atoms with E-state index in [1.165, 1.54) is 26.2 Å². The third-order valence-electron chi connectivity index (χ3n) is 7.56. The van der Waals surface area contributed by atoms with Gasteiger partial charge in [-0.15, -0.1) is 0 Å². The molecule has 2 amide bonds. The van der Waals surface area contributed by atoms with Gasteiger partial charge in [0.25, 0.3) is 11.8 Å². The number of aliphatic hydroxyl groups is 5. The predicted octanol–water partition coefficient (Wildman–Crippen LogP) is -1.31. The minimum Gasteiger partial charge on any atom is -0.469 e. The van der Waals surface area contributed by atoms with Crippen LogP contribution < -0.4 is 0 Å². The lowest BCUT2D eigenvalue weighted by Crippen LogP contribution is -2.66. The van der Waals surface area contributed by atoms with Crippen molar-refractivity contribution < 1.29 is 63.6 Å². The summed E-state index contributed by atoms with van der Waals surface area (Å²) in [5.74, 6) is -1.69. The molecule has 0 spiro atoms. The fourth-order valence-electron chi connectivity index (χ4n) is 5.14. The van der Waals surface area contributed by atoms with Gasteiger partial charge in [0.05, 0.1) is 30.9 Å². The first-order chi connectivity index (χ1) is 19.6. The van der Waals surface area contributed by atoms with Crippen LogP contribution in [-0.2, 0) is 28.5 Å². The number of unbranched alkanes of at least 4 members (excludes halogenated alkanes) is 2.